The molecule has 554 valence electrons. The SMILES string of the molecule is CC[C@H](C)C1O[C@@H](C)C(O[C@H]2OC(COC(C)=O)[C@@H](OC(C)=O)C(OC(C)=O)C2N=[N+]=[N-])[C@@H](C)[C@@H]1P[B]B=O.CC[C@H](C)C1O[C@H](O[C@H]2C([C@H]3COC(C)(C)O3)O[C@@](OCCCCCN(Cc3ccccc3)C(=O)OCc3ccccc3)(C(=O)OC)C[C@H]2C)C(OC(C)=O)[C@@H](O)[C@@H]1P[B]B=O. The van der Waals surface area contributed by atoms with E-state index in [1.165, 1.54) is 27.8 Å². The van der Waals surface area contributed by atoms with Gasteiger partial charge in [-0.1, -0.05) is 60.7 Å². The number of hydrogen-bond acceptors (Lipinski definition) is 25. The third-order valence-electron chi connectivity index (χ3n) is 18.5. The van der Waals surface area contributed by atoms with Crippen molar-refractivity contribution in [3.8, 4) is 0 Å². The summed E-state index contributed by atoms with van der Waals surface area (Å²) in [7, 11) is 2.83. The summed E-state index contributed by atoms with van der Waals surface area (Å²) in [5.74, 6) is -6.58. The van der Waals surface area contributed by atoms with Crippen LogP contribution in [0.1, 0.15) is 140 Å². The van der Waals surface area contributed by atoms with Gasteiger partial charge in [-0.2, -0.15) is 0 Å². The number of esters is 5. The second-order valence-corrected chi connectivity index (χ2v) is 29.2. The molecule has 5 aliphatic rings. The Labute approximate surface area is 598 Å². The van der Waals surface area contributed by atoms with Crippen molar-refractivity contribution in [2.45, 2.75) is 256 Å². The minimum atomic E-state index is -1.84. The van der Waals surface area contributed by atoms with Crippen molar-refractivity contribution in [1.29, 1.82) is 0 Å². The molecule has 24 atom stereocenters. The monoisotopic (exact) mass is 1450 g/mol. The zero-order chi connectivity index (χ0) is 74.1. The van der Waals surface area contributed by atoms with E-state index < -0.39 is 145 Å². The molecule has 5 saturated heterocycles. The van der Waals surface area contributed by atoms with Gasteiger partial charge in [0.1, 0.15) is 6.61 Å². The van der Waals surface area contributed by atoms with E-state index in [9.17, 15) is 48.8 Å². The first-order valence-electron chi connectivity index (χ1n) is 34.6. The maximum absolute atomic E-state index is 13.7. The van der Waals surface area contributed by atoms with Crippen molar-refractivity contribution < 1.29 is 114 Å². The zero-order valence-corrected chi connectivity index (χ0v) is 62.3. The van der Waals surface area contributed by atoms with Crippen LogP contribution in [-0.4, -0.2) is 222 Å². The summed E-state index contributed by atoms with van der Waals surface area (Å²) in [6.45, 7) is 26.2. The molecule has 0 aliphatic carbocycles. The first kappa shape index (κ1) is 84.6. The normalized spacial score (nSPS) is 32.0. The number of aliphatic hydroxyl groups is 1. The standard InChI is InChI=1S/C44H63B2NO14P.C23H37B2N3O10P/c1-8-28(2)36-39(62-46-45-52)34(49)38(57-30(4)48)40(59-36)58-35-29(3)24-44(41(50)53-7,61-37(35)33-27-56-43(5,6)60-33)55-23-17-11-16-22-47(25-31-18-12-9-13-19-31)42(51)54-26-32-20-14-10-15-21-32;1-8-10(2)18-22(39-25-24-32)11(3)19(12(4)34-18)38-23-17(27-28-26)21(36-15(7)31)20(35-14(6)30)16(37-23)9-33-13(5)29/h9-10,12-15,18-21,28-29,33-40,49,62H,8,11,16-17,22-27H2,1-7H3;10-12,16-23,39H,8-9H2,1-7H3/t28-,29+,33+,34+,35+,36?,37?,38?,39-,40-,44+;10-,11+,12-,16?,17?,18?,19?,20+,21?,22-,23+/m00/s1. The number of rotatable bonds is 33. The van der Waals surface area contributed by atoms with Gasteiger partial charge in [0.2, 0.25) is 0 Å². The van der Waals surface area contributed by atoms with Crippen molar-refractivity contribution in [1.82, 2.24) is 4.90 Å². The number of unbranched alkanes of at least 4 members (excludes halogenated alkanes) is 2. The van der Waals surface area contributed by atoms with Crippen molar-refractivity contribution >= 4 is 80.7 Å². The van der Waals surface area contributed by atoms with Gasteiger partial charge in [-0.3, -0.25) is 9.59 Å². The van der Waals surface area contributed by atoms with Crippen LogP contribution in [0.4, 0.5) is 4.79 Å². The van der Waals surface area contributed by atoms with Crippen LogP contribution in [0.25, 0.3) is 10.4 Å². The molecule has 0 saturated carbocycles. The van der Waals surface area contributed by atoms with Crippen LogP contribution in [0.3, 0.4) is 0 Å². The molecule has 1 N–H and O–H groups in total. The molecule has 0 bridgehead atoms. The molecule has 5 fully saturated rings. The number of carbonyl (C=O) groups excluding carboxylic acids is 6. The third-order valence-corrected chi connectivity index (χ3v) is 21.5. The summed E-state index contributed by atoms with van der Waals surface area (Å²) in [6, 6.07) is 18.0. The van der Waals surface area contributed by atoms with Crippen molar-refractivity contribution in [3.63, 3.8) is 0 Å². The molecule has 7 rings (SSSR count). The molecule has 0 spiro atoms. The van der Waals surface area contributed by atoms with Crippen molar-refractivity contribution in [2.24, 2.45) is 28.8 Å². The fourth-order valence-electron chi connectivity index (χ4n) is 13.2. The van der Waals surface area contributed by atoms with Crippen LogP contribution >= 0.6 is 16.9 Å². The topological polar surface area (TPSA) is 347 Å². The Hall–Kier alpha value is -5.31. The predicted molar refractivity (Wildman–Crippen MR) is 372 cm³/mol. The van der Waals surface area contributed by atoms with E-state index in [-0.39, 0.29) is 79.3 Å². The van der Waals surface area contributed by atoms with Crippen molar-refractivity contribution in [3.05, 3.63) is 82.2 Å². The quantitative estimate of drug-likeness (QED) is 0.0104. The second kappa shape index (κ2) is 41.4. The Morgan fingerprint density at radius 1 is 0.723 bits per heavy atom. The fraction of sp³-hybridized carbons (Fsp3) is 0.731. The van der Waals surface area contributed by atoms with Gasteiger partial charge in [-0.25, -0.2) is 9.59 Å². The average molecular weight is 1450 g/mol. The Morgan fingerprint density at radius 3 is 1.87 bits per heavy atom. The molecule has 2 aromatic rings. The Kier molecular flexibility index (Phi) is 34.7. The Morgan fingerprint density at radius 2 is 1.31 bits per heavy atom. The summed E-state index contributed by atoms with van der Waals surface area (Å²) >= 11 is 0. The molecule has 34 heteroatoms. The van der Waals surface area contributed by atoms with Crippen LogP contribution in [0, 0.1) is 23.7 Å². The van der Waals surface area contributed by atoms with Gasteiger partial charge in [0.05, 0.1) is 13.7 Å². The molecule has 101 heavy (non-hydrogen) atoms. The van der Waals surface area contributed by atoms with Crippen LogP contribution in [0.5, 0.6) is 0 Å². The van der Waals surface area contributed by atoms with Gasteiger partial charge < -0.3 is 14.4 Å². The van der Waals surface area contributed by atoms with Gasteiger partial charge in [0.25, 0.3) is 0 Å². The van der Waals surface area contributed by atoms with Gasteiger partial charge in [0, 0.05) is 26.9 Å². The molecule has 5 aliphatic heterocycles. The van der Waals surface area contributed by atoms with Gasteiger partial charge in [-0.15, -0.1) is 0 Å². The number of hydrogen-bond donors (Lipinski definition) is 1. The molecule has 10 unspecified atom stereocenters. The summed E-state index contributed by atoms with van der Waals surface area (Å²) < 4.78 is 113. The maximum atomic E-state index is 13.7. The van der Waals surface area contributed by atoms with E-state index >= 15 is 0 Å². The summed E-state index contributed by atoms with van der Waals surface area (Å²) in [6.07, 6.45) is -9.66. The molecule has 1 amide bonds. The number of benzene rings is 2. The molecule has 2 aromatic carbocycles. The number of amides is 1. The molecule has 28 nitrogen and oxygen atoms in total. The first-order chi connectivity index (χ1) is 48.1. The molecule has 5 heterocycles. The van der Waals surface area contributed by atoms with E-state index in [2.05, 4.69) is 23.9 Å². The Balaban J connectivity index is 0.000000354. The number of nitrogens with zero attached hydrogens (tertiary/aromatic N) is 4. The third kappa shape index (κ3) is 24.4. The molecule has 2 radical (unpaired) electrons. The van der Waals surface area contributed by atoms with Gasteiger partial charge >= 0.3 is 415 Å². The van der Waals surface area contributed by atoms with E-state index in [1.807, 2.05) is 95.3 Å². The second-order valence-electron chi connectivity index (χ2n) is 26.6. The number of methoxy groups -OCH3 is 1. The average Bonchev–Trinajstić information content (AvgIpc) is 1.54. The molecular formula is C67H100B4N4O24P2. The van der Waals surface area contributed by atoms with Gasteiger partial charge in [-0.05, 0) is 44.2 Å². The van der Waals surface area contributed by atoms with Crippen LogP contribution < -0.4 is 0 Å². The van der Waals surface area contributed by atoms with E-state index in [0.29, 0.717) is 45.8 Å². The van der Waals surface area contributed by atoms with Crippen LogP contribution in [-0.2, 0) is 118 Å². The number of ether oxygens (including phenoxy) is 15. The summed E-state index contributed by atoms with van der Waals surface area (Å²) in [5, 5.41) is 15.5. The Bertz CT molecular complexity index is 3030. The van der Waals surface area contributed by atoms with E-state index in [0.717, 1.165) is 38.4 Å². The van der Waals surface area contributed by atoms with Gasteiger partial charge in [0.15, 0.2) is 0 Å². The minimum absolute atomic E-state index is 0.0243. The zero-order valence-electron chi connectivity index (χ0n) is 60.3. The fourth-order valence-corrected chi connectivity index (χ4v) is 15.9. The number of azide groups is 1. The predicted octanol–water partition coefficient (Wildman–Crippen LogP) is 7.84. The van der Waals surface area contributed by atoms with E-state index in [4.69, 9.17) is 71.1 Å². The van der Waals surface area contributed by atoms with E-state index in [1.54, 1.807) is 25.6 Å². The molecule has 0 aromatic heterocycles. The van der Waals surface area contributed by atoms with Crippen LogP contribution in [0.15, 0.2) is 65.8 Å². The van der Waals surface area contributed by atoms with Crippen LogP contribution in [0.2, 0.25) is 0 Å². The molecular weight excluding hydrogens is 1350 g/mol. The summed E-state index contributed by atoms with van der Waals surface area (Å²) in [4.78, 5) is 79.5. The van der Waals surface area contributed by atoms with Crippen molar-refractivity contribution in [2.75, 3.05) is 33.5 Å². The number of aliphatic hydroxyl groups excluding tert-OH is 1. The summed E-state index contributed by atoms with van der Waals surface area (Å²) in [5.41, 5.74) is 10.7. The number of carbonyl (C=O) groups is 6. The first-order valence-corrected chi connectivity index (χ1v) is 36.9.